The predicted molar refractivity (Wildman–Crippen MR) is 108 cm³/mol. The fourth-order valence-corrected chi connectivity index (χ4v) is 3.01. The molecule has 0 aliphatic heterocycles. The van der Waals surface area contributed by atoms with Crippen LogP contribution >= 0.6 is 0 Å². The maximum Gasteiger partial charge on any atom is 0.222 e. The smallest absolute Gasteiger partial charge is 0.222 e. The molecule has 27 heavy (non-hydrogen) atoms. The van der Waals surface area contributed by atoms with Crippen LogP contribution in [-0.2, 0) is 17.9 Å². The van der Waals surface area contributed by atoms with E-state index in [4.69, 9.17) is 9.72 Å². The summed E-state index contributed by atoms with van der Waals surface area (Å²) < 4.78 is 8.15. The molecule has 5 heteroatoms. The van der Waals surface area contributed by atoms with Gasteiger partial charge in [-0.1, -0.05) is 38.1 Å². The van der Waals surface area contributed by atoms with E-state index in [0.717, 1.165) is 28.2 Å². The number of aryl methyl sites for hydroxylation is 1. The molecule has 5 nitrogen and oxygen atoms in total. The summed E-state index contributed by atoms with van der Waals surface area (Å²) >= 11 is 0. The van der Waals surface area contributed by atoms with Crippen molar-refractivity contribution in [3.63, 3.8) is 0 Å². The van der Waals surface area contributed by atoms with Crippen LogP contribution in [0.5, 0.6) is 5.75 Å². The van der Waals surface area contributed by atoms with Crippen molar-refractivity contribution in [2.24, 2.45) is 5.92 Å². The number of ether oxygens (including phenoxy) is 1. The van der Waals surface area contributed by atoms with Crippen LogP contribution in [0.25, 0.3) is 11.0 Å². The molecule has 0 fully saturated rings. The van der Waals surface area contributed by atoms with E-state index < -0.39 is 0 Å². The van der Waals surface area contributed by atoms with E-state index in [1.165, 1.54) is 5.56 Å². The molecule has 0 spiro atoms. The van der Waals surface area contributed by atoms with Crippen molar-refractivity contribution < 1.29 is 9.53 Å². The lowest BCUT2D eigenvalue weighted by molar-refractivity contribution is -0.124. The first-order valence-electron chi connectivity index (χ1n) is 9.38. The van der Waals surface area contributed by atoms with Gasteiger partial charge in [-0.25, -0.2) is 4.98 Å². The molecule has 1 heterocycles. The predicted octanol–water partition coefficient (Wildman–Crippen LogP) is 4.00. The number of nitrogens with one attached hydrogen (secondary N) is 1. The number of benzene rings is 2. The van der Waals surface area contributed by atoms with Crippen LogP contribution in [-0.4, -0.2) is 22.1 Å². The highest BCUT2D eigenvalue weighted by molar-refractivity contribution is 5.78. The number of hydrogen-bond donors (Lipinski definition) is 1. The van der Waals surface area contributed by atoms with Gasteiger partial charge in [0.25, 0.3) is 0 Å². The Balaban J connectivity index is 1.76. The minimum Gasteiger partial charge on any atom is -0.491 e. The number of rotatable bonds is 7. The first-order valence-corrected chi connectivity index (χ1v) is 9.38. The van der Waals surface area contributed by atoms with Crippen molar-refractivity contribution in [3.05, 3.63) is 59.4 Å². The van der Waals surface area contributed by atoms with E-state index in [-0.39, 0.29) is 11.8 Å². The topological polar surface area (TPSA) is 56.1 Å². The highest BCUT2D eigenvalue weighted by atomic mass is 16.5. The average Bonchev–Trinajstić information content (AvgIpc) is 3.01. The summed E-state index contributed by atoms with van der Waals surface area (Å²) in [7, 11) is 0. The molecule has 0 saturated carbocycles. The molecule has 0 atom stereocenters. The van der Waals surface area contributed by atoms with Crippen molar-refractivity contribution in [2.45, 2.75) is 40.8 Å². The lowest BCUT2D eigenvalue weighted by atomic mass is 10.1. The van der Waals surface area contributed by atoms with Crippen LogP contribution in [0.2, 0.25) is 0 Å². The average molecular weight is 365 g/mol. The van der Waals surface area contributed by atoms with Crippen molar-refractivity contribution in [1.82, 2.24) is 14.9 Å². The van der Waals surface area contributed by atoms with Gasteiger partial charge in [0.05, 0.1) is 24.1 Å². The van der Waals surface area contributed by atoms with Crippen LogP contribution in [0.4, 0.5) is 0 Å². The van der Waals surface area contributed by atoms with E-state index in [2.05, 4.69) is 29.8 Å². The Morgan fingerprint density at radius 1 is 1.15 bits per heavy atom. The van der Waals surface area contributed by atoms with Crippen LogP contribution in [0.15, 0.2) is 42.5 Å². The molecule has 0 saturated heterocycles. The van der Waals surface area contributed by atoms with E-state index in [0.29, 0.717) is 19.7 Å². The Kier molecular flexibility index (Phi) is 5.79. The van der Waals surface area contributed by atoms with Crippen molar-refractivity contribution in [3.8, 4) is 5.75 Å². The quantitative estimate of drug-likeness (QED) is 0.688. The van der Waals surface area contributed by atoms with Gasteiger partial charge in [-0.3, -0.25) is 4.79 Å². The summed E-state index contributed by atoms with van der Waals surface area (Å²) in [6.07, 6.45) is 0. The number of carbonyl (C=O) groups is 1. The summed E-state index contributed by atoms with van der Waals surface area (Å²) in [5.41, 5.74) is 4.36. The second-order valence-corrected chi connectivity index (χ2v) is 7.09. The number of para-hydroxylation sites is 2. The van der Waals surface area contributed by atoms with Crippen molar-refractivity contribution >= 4 is 16.9 Å². The Hall–Kier alpha value is -2.82. The van der Waals surface area contributed by atoms with Gasteiger partial charge >= 0.3 is 0 Å². The lowest BCUT2D eigenvalue weighted by Gasteiger charge is -2.14. The van der Waals surface area contributed by atoms with Gasteiger partial charge in [0, 0.05) is 5.92 Å². The number of amides is 1. The fourth-order valence-electron chi connectivity index (χ4n) is 3.01. The number of aromatic nitrogens is 2. The van der Waals surface area contributed by atoms with Gasteiger partial charge in [0.15, 0.2) is 0 Å². The van der Waals surface area contributed by atoms with Gasteiger partial charge in [-0.05, 0) is 43.2 Å². The maximum atomic E-state index is 11.9. The Morgan fingerprint density at radius 3 is 2.70 bits per heavy atom. The molecule has 0 aliphatic rings. The van der Waals surface area contributed by atoms with E-state index in [1.54, 1.807) is 0 Å². The molecule has 0 unspecified atom stereocenters. The second-order valence-electron chi connectivity index (χ2n) is 7.09. The highest BCUT2D eigenvalue weighted by Crippen LogP contribution is 2.21. The largest absolute Gasteiger partial charge is 0.491 e. The molecule has 0 radical (unpaired) electrons. The van der Waals surface area contributed by atoms with Crippen molar-refractivity contribution in [1.29, 1.82) is 0 Å². The van der Waals surface area contributed by atoms with Gasteiger partial charge in [0.1, 0.15) is 18.2 Å². The summed E-state index contributed by atoms with van der Waals surface area (Å²) in [6.45, 7) is 9.55. The van der Waals surface area contributed by atoms with Crippen LogP contribution < -0.4 is 10.1 Å². The van der Waals surface area contributed by atoms with Gasteiger partial charge < -0.3 is 14.6 Å². The van der Waals surface area contributed by atoms with E-state index in [1.807, 2.05) is 50.2 Å². The molecule has 3 rings (SSSR count). The van der Waals surface area contributed by atoms with E-state index in [9.17, 15) is 4.79 Å². The molecule has 1 aromatic heterocycles. The summed E-state index contributed by atoms with van der Waals surface area (Å²) in [5, 5.41) is 2.96. The number of imidazole rings is 1. The third-order valence-corrected chi connectivity index (χ3v) is 4.81. The molecule has 2 aromatic carbocycles. The number of fused-ring (bicyclic) bond motifs is 1. The monoisotopic (exact) mass is 365 g/mol. The molecule has 0 aliphatic carbocycles. The third kappa shape index (κ3) is 4.30. The van der Waals surface area contributed by atoms with Gasteiger partial charge in [0.2, 0.25) is 5.91 Å². The second kappa shape index (κ2) is 8.25. The Bertz CT molecular complexity index is 944. The zero-order chi connectivity index (χ0) is 19.4. The van der Waals surface area contributed by atoms with Crippen LogP contribution in [0, 0.1) is 19.8 Å². The molecule has 1 N–H and O–H groups in total. The van der Waals surface area contributed by atoms with Gasteiger partial charge in [-0.15, -0.1) is 0 Å². The first-order chi connectivity index (χ1) is 13.0. The zero-order valence-corrected chi connectivity index (χ0v) is 16.5. The number of nitrogens with zero attached hydrogens (tertiary/aromatic N) is 2. The van der Waals surface area contributed by atoms with Crippen LogP contribution in [0.1, 0.15) is 30.8 Å². The van der Waals surface area contributed by atoms with E-state index >= 15 is 0 Å². The number of hydrogen-bond acceptors (Lipinski definition) is 3. The first kappa shape index (κ1) is 19.0. The SMILES string of the molecule is Cc1cccc(OCCn2c(CNC(=O)C(C)C)nc3ccccc32)c1C. The molecular weight excluding hydrogens is 338 g/mol. The summed E-state index contributed by atoms with van der Waals surface area (Å²) in [6, 6.07) is 14.1. The van der Waals surface area contributed by atoms with Gasteiger partial charge in [-0.2, -0.15) is 0 Å². The molecule has 142 valence electrons. The summed E-state index contributed by atoms with van der Waals surface area (Å²) in [4.78, 5) is 16.6. The standard InChI is InChI=1S/C22H27N3O2/c1-15(2)22(26)23-14-21-24-18-9-5-6-10-19(18)25(21)12-13-27-20-11-7-8-16(3)17(20)4/h5-11,15H,12-14H2,1-4H3,(H,23,26). The summed E-state index contributed by atoms with van der Waals surface area (Å²) in [5.74, 6) is 1.74. The Labute approximate surface area is 160 Å². The molecule has 1 amide bonds. The molecule has 0 bridgehead atoms. The third-order valence-electron chi connectivity index (χ3n) is 4.81. The molecule has 3 aromatic rings. The van der Waals surface area contributed by atoms with Crippen molar-refractivity contribution in [2.75, 3.05) is 6.61 Å². The maximum absolute atomic E-state index is 11.9. The minimum absolute atomic E-state index is 0.0280. The van der Waals surface area contributed by atoms with Crippen LogP contribution in [0.3, 0.4) is 0 Å². The fraction of sp³-hybridized carbons (Fsp3) is 0.364. The normalized spacial score (nSPS) is 11.1. The Morgan fingerprint density at radius 2 is 1.93 bits per heavy atom. The molecular formula is C22H27N3O2. The highest BCUT2D eigenvalue weighted by Gasteiger charge is 2.13. The zero-order valence-electron chi connectivity index (χ0n) is 16.5. The number of carbonyl (C=O) groups excluding carboxylic acids is 1. The minimum atomic E-state index is -0.0459. The lowest BCUT2D eigenvalue weighted by Crippen LogP contribution is -2.28.